The van der Waals surface area contributed by atoms with Crippen molar-refractivity contribution in [2.75, 3.05) is 14.2 Å². The van der Waals surface area contributed by atoms with Crippen LogP contribution in [0, 0.1) is 0 Å². The van der Waals surface area contributed by atoms with Crippen LogP contribution in [0.25, 0.3) is 10.9 Å². The zero-order chi connectivity index (χ0) is 23.4. The average Bonchev–Trinajstić information content (AvgIpc) is 2.79. The first-order chi connectivity index (χ1) is 15.3. The molecule has 8 nitrogen and oxygen atoms in total. The first kappa shape index (κ1) is 23.9. The molecule has 0 spiro atoms. The van der Waals surface area contributed by atoms with Crippen LogP contribution in [0.2, 0.25) is 0 Å². The van der Waals surface area contributed by atoms with Crippen molar-refractivity contribution in [1.29, 1.82) is 0 Å². The highest BCUT2D eigenvalue weighted by Crippen LogP contribution is 2.37. The predicted octanol–water partition coefficient (Wildman–Crippen LogP) is 4.32. The summed E-state index contributed by atoms with van der Waals surface area (Å²) in [5.41, 5.74) is 1.00. The molecule has 0 fully saturated rings. The van der Waals surface area contributed by atoms with E-state index in [0.717, 1.165) is 4.47 Å². The molecule has 0 radical (unpaired) electrons. The van der Waals surface area contributed by atoms with Crippen LogP contribution >= 0.6 is 31.9 Å². The summed E-state index contributed by atoms with van der Waals surface area (Å²) in [4.78, 5) is 29.3. The number of nitrogens with zero attached hydrogens (tertiary/aromatic N) is 3. The number of halogens is 2. The molecule has 0 N–H and O–H groups in total. The lowest BCUT2D eigenvalue weighted by Crippen LogP contribution is -2.25. The third kappa shape index (κ3) is 5.02. The minimum Gasteiger partial charge on any atom is -0.493 e. The van der Waals surface area contributed by atoms with Gasteiger partial charge >= 0.3 is 5.97 Å². The second-order valence-electron chi connectivity index (χ2n) is 6.72. The summed E-state index contributed by atoms with van der Waals surface area (Å²) in [6, 6.07) is 8.80. The van der Waals surface area contributed by atoms with Crippen molar-refractivity contribution < 1.29 is 19.0 Å². The van der Waals surface area contributed by atoms with Gasteiger partial charge in [0.05, 0.1) is 35.8 Å². The number of aryl methyl sites for hydroxylation is 1. The Balaban J connectivity index is 2.02. The second-order valence-corrected chi connectivity index (χ2v) is 8.49. The van der Waals surface area contributed by atoms with Crippen molar-refractivity contribution in [2.24, 2.45) is 5.10 Å². The number of carbonyl (C=O) groups is 1. The van der Waals surface area contributed by atoms with E-state index in [-0.39, 0.29) is 5.56 Å². The maximum atomic E-state index is 13.0. The van der Waals surface area contributed by atoms with Crippen LogP contribution in [0.3, 0.4) is 0 Å². The van der Waals surface area contributed by atoms with Gasteiger partial charge in [-0.05, 0) is 58.7 Å². The molecule has 1 aromatic heterocycles. The first-order valence-electron chi connectivity index (χ1n) is 9.66. The van der Waals surface area contributed by atoms with E-state index in [1.165, 1.54) is 25.1 Å². The number of carbonyl (C=O) groups excluding carboxylic acids is 1. The Bertz CT molecular complexity index is 1260. The molecule has 0 aliphatic rings. The van der Waals surface area contributed by atoms with Gasteiger partial charge in [0.25, 0.3) is 5.56 Å². The molecule has 2 aromatic carbocycles. The van der Waals surface area contributed by atoms with E-state index in [2.05, 4.69) is 41.9 Å². The van der Waals surface area contributed by atoms with E-state index in [0.29, 0.717) is 44.7 Å². The second kappa shape index (κ2) is 10.3. The Morgan fingerprint density at radius 3 is 2.66 bits per heavy atom. The Morgan fingerprint density at radius 2 is 2.00 bits per heavy atom. The third-order valence-electron chi connectivity index (χ3n) is 4.59. The highest BCUT2D eigenvalue weighted by Gasteiger charge is 2.20. The predicted molar refractivity (Wildman–Crippen MR) is 129 cm³/mol. The minimum atomic E-state index is -0.821. The van der Waals surface area contributed by atoms with Crippen LogP contribution in [-0.4, -0.2) is 42.2 Å². The van der Waals surface area contributed by atoms with Crippen LogP contribution in [0.5, 0.6) is 11.5 Å². The fraction of sp³-hybridized carbons (Fsp3) is 0.273. The zero-order valence-electron chi connectivity index (χ0n) is 17.9. The van der Waals surface area contributed by atoms with Gasteiger partial charge in [0.2, 0.25) is 0 Å². The fourth-order valence-electron chi connectivity index (χ4n) is 2.99. The van der Waals surface area contributed by atoms with E-state index < -0.39 is 12.1 Å². The molecule has 32 heavy (non-hydrogen) atoms. The van der Waals surface area contributed by atoms with Crippen molar-refractivity contribution in [3.8, 4) is 11.5 Å². The maximum absolute atomic E-state index is 13.0. The van der Waals surface area contributed by atoms with Crippen LogP contribution in [0.4, 0.5) is 0 Å². The molecule has 1 heterocycles. The molecular formula is C22H21Br2N3O5. The number of methoxy groups -OCH3 is 2. The summed E-state index contributed by atoms with van der Waals surface area (Å²) in [6.45, 7) is 3.49. The van der Waals surface area contributed by atoms with Crippen LogP contribution < -0.4 is 15.0 Å². The number of benzene rings is 2. The fourth-order valence-corrected chi connectivity index (χ4v) is 3.90. The first-order valence-corrected chi connectivity index (χ1v) is 11.2. The highest BCUT2D eigenvalue weighted by atomic mass is 79.9. The van der Waals surface area contributed by atoms with Gasteiger partial charge in [-0.15, -0.1) is 0 Å². The van der Waals surface area contributed by atoms with Crippen LogP contribution in [-0.2, 0) is 16.0 Å². The van der Waals surface area contributed by atoms with Gasteiger partial charge in [0.1, 0.15) is 5.82 Å². The summed E-state index contributed by atoms with van der Waals surface area (Å²) in [7, 11) is 2.78. The van der Waals surface area contributed by atoms with Crippen LogP contribution in [0.15, 0.2) is 49.2 Å². The molecule has 0 saturated heterocycles. The lowest BCUT2D eigenvalue weighted by molar-refractivity contribution is -0.147. The van der Waals surface area contributed by atoms with E-state index in [4.69, 9.17) is 14.2 Å². The molecule has 0 unspecified atom stereocenters. The van der Waals surface area contributed by atoms with Crippen molar-refractivity contribution in [2.45, 2.75) is 26.4 Å². The molecule has 0 bridgehead atoms. The van der Waals surface area contributed by atoms with Gasteiger partial charge in [-0.1, -0.05) is 22.9 Å². The number of fused-ring (bicyclic) bond motifs is 1. The zero-order valence-corrected chi connectivity index (χ0v) is 21.1. The molecule has 10 heteroatoms. The van der Waals surface area contributed by atoms with Crippen molar-refractivity contribution >= 4 is 54.9 Å². The number of hydrogen-bond donors (Lipinski definition) is 0. The van der Waals surface area contributed by atoms with Gasteiger partial charge in [0.15, 0.2) is 17.6 Å². The lowest BCUT2D eigenvalue weighted by atomic mass is 10.2. The Hall–Kier alpha value is -2.72. The van der Waals surface area contributed by atoms with Crippen molar-refractivity contribution in [1.82, 2.24) is 9.66 Å². The minimum absolute atomic E-state index is 0.262. The third-order valence-corrected chi connectivity index (χ3v) is 5.68. The van der Waals surface area contributed by atoms with Gasteiger partial charge < -0.3 is 14.2 Å². The molecular weight excluding hydrogens is 546 g/mol. The van der Waals surface area contributed by atoms with E-state index in [1.54, 1.807) is 31.2 Å². The van der Waals surface area contributed by atoms with Crippen LogP contribution in [0.1, 0.15) is 25.2 Å². The van der Waals surface area contributed by atoms with E-state index in [9.17, 15) is 9.59 Å². The van der Waals surface area contributed by atoms with Crippen molar-refractivity contribution in [3.63, 3.8) is 0 Å². The molecule has 1 atom stereocenters. The molecule has 0 saturated carbocycles. The maximum Gasteiger partial charge on any atom is 0.346 e. The topological polar surface area (TPSA) is 92.0 Å². The monoisotopic (exact) mass is 565 g/mol. The Labute approximate surface area is 201 Å². The summed E-state index contributed by atoms with van der Waals surface area (Å²) >= 11 is 6.83. The number of ether oxygens (including phenoxy) is 3. The summed E-state index contributed by atoms with van der Waals surface area (Å²) in [5.74, 6) is 0.775. The molecule has 0 aliphatic heterocycles. The van der Waals surface area contributed by atoms with Gasteiger partial charge in [-0.2, -0.15) is 9.78 Å². The molecule has 3 aromatic rings. The normalized spacial score (nSPS) is 12.2. The van der Waals surface area contributed by atoms with Gasteiger partial charge in [0, 0.05) is 10.9 Å². The quantitative estimate of drug-likeness (QED) is 0.312. The smallest absolute Gasteiger partial charge is 0.346 e. The SMILES string of the molecule is CCc1nc2ccc(Br)cc2c(=O)n1N=Cc1cc(Br)c(O[C@H](C)C(=O)OC)c(OC)c1. The highest BCUT2D eigenvalue weighted by molar-refractivity contribution is 9.10. The molecule has 3 rings (SSSR count). The summed E-state index contributed by atoms with van der Waals surface area (Å²) in [6.07, 6.45) is 1.25. The summed E-state index contributed by atoms with van der Waals surface area (Å²) < 4.78 is 18.4. The van der Waals surface area contributed by atoms with Gasteiger partial charge in [-0.3, -0.25) is 4.79 Å². The standard InChI is InChI=1S/C22H21Br2N3O5/c1-5-19-26-17-7-6-14(23)10-15(17)21(28)27(19)25-11-13-8-16(24)20(18(9-13)30-3)32-12(2)22(29)31-4/h6-12H,5H2,1-4H3/t12-/m1/s1. The molecule has 168 valence electrons. The number of aromatic nitrogens is 2. The number of hydrogen-bond acceptors (Lipinski definition) is 7. The number of esters is 1. The van der Waals surface area contributed by atoms with Crippen molar-refractivity contribution in [3.05, 3.63) is 61.0 Å². The number of rotatable bonds is 7. The molecule has 0 amide bonds. The Kier molecular flexibility index (Phi) is 7.68. The van der Waals surface area contributed by atoms with E-state index >= 15 is 0 Å². The average molecular weight is 567 g/mol. The lowest BCUT2D eigenvalue weighted by Gasteiger charge is -2.17. The van der Waals surface area contributed by atoms with Gasteiger partial charge in [-0.25, -0.2) is 9.78 Å². The Morgan fingerprint density at radius 1 is 1.25 bits per heavy atom. The summed E-state index contributed by atoms with van der Waals surface area (Å²) in [5, 5.41) is 4.85. The largest absolute Gasteiger partial charge is 0.493 e. The molecule has 0 aliphatic carbocycles. The van der Waals surface area contributed by atoms with E-state index in [1.807, 2.05) is 13.0 Å².